The summed E-state index contributed by atoms with van der Waals surface area (Å²) < 4.78 is 4.58. The lowest BCUT2D eigenvalue weighted by atomic mass is 9.89. The molecule has 0 atom stereocenters. The summed E-state index contributed by atoms with van der Waals surface area (Å²) in [7, 11) is 1.44. The molecule has 1 aliphatic rings. The Balaban J connectivity index is 1.89. The van der Waals surface area contributed by atoms with E-state index < -0.39 is 0 Å². The minimum atomic E-state index is -0.102. The predicted octanol–water partition coefficient (Wildman–Crippen LogP) is 2.11. The van der Waals surface area contributed by atoms with E-state index in [0.29, 0.717) is 6.42 Å². The van der Waals surface area contributed by atoms with Crippen LogP contribution in [0.2, 0.25) is 0 Å². The number of methoxy groups -OCH3 is 1. The smallest absolute Gasteiger partial charge is 0.305 e. The van der Waals surface area contributed by atoms with Gasteiger partial charge in [-0.2, -0.15) is 0 Å². The number of carbonyl (C=O) groups excluding carboxylic acids is 1. The van der Waals surface area contributed by atoms with E-state index >= 15 is 0 Å². The molecule has 3 nitrogen and oxygen atoms in total. The Morgan fingerprint density at radius 2 is 2.07 bits per heavy atom. The van der Waals surface area contributed by atoms with Crippen molar-refractivity contribution in [1.29, 1.82) is 0 Å². The zero-order valence-electron chi connectivity index (χ0n) is 9.76. The molecule has 0 aromatic heterocycles. The summed E-state index contributed by atoms with van der Waals surface area (Å²) in [5.74, 6) is 0.770. The Kier molecular flexibility index (Phi) is 6.41. The first-order chi connectivity index (χ1) is 7.33. The highest BCUT2D eigenvalue weighted by Crippen LogP contribution is 2.22. The molecule has 0 aliphatic heterocycles. The second-order valence-corrected chi connectivity index (χ2v) is 4.39. The van der Waals surface area contributed by atoms with Gasteiger partial charge in [-0.1, -0.05) is 19.3 Å². The van der Waals surface area contributed by atoms with Gasteiger partial charge in [0, 0.05) is 6.42 Å². The number of ether oxygens (including phenoxy) is 1. The van der Waals surface area contributed by atoms with Crippen LogP contribution in [0.25, 0.3) is 0 Å². The van der Waals surface area contributed by atoms with Crippen LogP contribution in [0, 0.1) is 5.92 Å². The van der Waals surface area contributed by atoms with Crippen molar-refractivity contribution in [3.05, 3.63) is 0 Å². The molecule has 0 amide bonds. The van der Waals surface area contributed by atoms with Gasteiger partial charge < -0.3 is 10.1 Å². The number of esters is 1. The zero-order valence-corrected chi connectivity index (χ0v) is 9.76. The Hall–Kier alpha value is -0.570. The van der Waals surface area contributed by atoms with Gasteiger partial charge in [0.1, 0.15) is 0 Å². The van der Waals surface area contributed by atoms with Crippen molar-refractivity contribution in [1.82, 2.24) is 5.32 Å². The summed E-state index contributed by atoms with van der Waals surface area (Å²) in [5, 5.41) is 3.43. The highest BCUT2D eigenvalue weighted by Gasteiger charge is 2.12. The first kappa shape index (κ1) is 12.5. The van der Waals surface area contributed by atoms with Crippen LogP contribution < -0.4 is 5.32 Å². The van der Waals surface area contributed by atoms with Crippen LogP contribution in [0.5, 0.6) is 0 Å². The molecule has 3 heteroatoms. The molecule has 0 unspecified atom stereocenters. The van der Waals surface area contributed by atoms with Crippen LogP contribution in [0.3, 0.4) is 0 Å². The fourth-order valence-corrected chi connectivity index (χ4v) is 2.16. The minimum absolute atomic E-state index is 0.102. The topological polar surface area (TPSA) is 38.3 Å². The van der Waals surface area contributed by atoms with E-state index in [0.717, 1.165) is 25.4 Å². The van der Waals surface area contributed by atoms with Gasteiger partial charge in [0.15, 0.2) is 0 Å². The molecule has 1 saturated carbocycles. The van der Waals surface area contributed by atoms with Gasteiger partial charge in [-0.3, -0.25) is 4.79 Å². The molecule has 1 aliphatic carbocycles. The van der Waals surface area contributed by atoms with E-state index in [1.807, 2.05) is 0 Å². The summed E-state index contributed by atoms with van der Waals surface area (Å²) in [6, 6.07) is 0. The van der Waals surface area contributed by atoms with Crippen molar-refractivity contribution in [3.8, 4) is 0 Å². The molecule has 0 saturated heterocycles. The van der Waals surface area contributed by atoms with E-state index in [4.69, 9.17) is 0 Å². The molecule has 0 aromatic rings. The zero-order chi connectivity index (χ0) is 10.9. The monoisotopic (exact) mass is 213 g/mol. The van der Waals surface area contributed by atoms with Crippen molar-refractivity contribution in [2.75, 3.05) is 20.2 Å². The third-order valence-electron chi connectivity index (χ3n) is 3.12. The van der Waals surface area contributed by atoms with Crippen LogP contribution >= 0.6 is 0 Å². The molecular formula is C12H23NO2. The molecule has 0 radical (unpaired) electrons. The maximum absolute atomic E-state index is 10.8. The fourth-order valence-electron chi connectivity index (χ4n) is 2.16. The molecule has 15 heavy (non-hydrogen) atoms. The van der Waals surface area contributed by atoms with Gasteiger partial charge in [-0.15, -0.1) is 0 Å². The Bertz CT molecular complexity index is 176. The normalized spacial score (nSPS) is 17.7. The molecule has 0 spiro atoms. The first-order valence-electron chi connectivity index (χ1n) is 6.10. The number of hydrogen-bond acceptors (Lipinski definition) is 3. The van der Waals surface area contributed by atoms with Gasteiger partial charge in [-0.05, 0) is 38.3 Å². The average molecular weight is 213 g/mol. The van der Waals surface area contributed by atoms with Gasteiger partial charge in [0.25, 0.3) is 0 Å². The third kappa shape index (κ3) is 5.78. The molecule has 1 fully saturated rings. The maximum Gasteiger partial charge on any atom is 0.305 e. The highest BCUT2D eigenvalue weighted by molar-refractivity contribution is 5.68. The fraction of sp³-hybridized carbons (Fsp3) is 0.917. The van der Waals surface area contributed by atoms with E-state index in [2.05, 4.69) is 10.1 Å². The number of nitrogens with one attached hydrogen (secondary N) is 1. The molecule has 0 heterocycles. The van der Waals surface area contributed by atoms with Gasteiger partial charge in [-0.25, -0.2) is 0 Å². The van der Waals surface area contributed by atoms with E-state index in [1.54, 1.807) is 0 Å². The van der Waals surface area contributed by atoms with Crippen LogP contribution in [-0.4, -0.2) is 26.2 Å². The summed E-state index contributed by atoms with van der Waals surface area (Å²) in [6.45, 7) is 2.06. The quantitative estimate of drug-likeness (QED) is 0.542. The minimum Gasteiger partial charge on any atom is -0.469 e. The van der Waals surface area contributed by atoms with Gasteiger partial charge >= 0.3 is 5.97 Å². The Labute approximate surface area is 92.6 Å². The largest absolute Gasteiger partial charge is 0.469 e. The first-order valence-corrected chi connectivity index (χ1v) is 6.10. The van der Waals surface area contributed by atoms with Crippen molar-refractivity contribution >= 4 is 5.97 Å². The Morgan fingerprint density at radius 1 is 1.33 bits per heavy atom. The van der Waals surface area contributed by atoms with E-state index in [1.165, 1.54) is 39.2 Å². The SMILES string of the molecule is COC(=O)CCCNCC1CCCCC1. The molecule has 0 aromatic carbocycles. The van der Waals surface area contributed by atoms with Crippen LogP contribution in [-0.2, 0) is 9.53 Å². The Morgan fingerprint density at radius 3 is 2.73 bits per heavy atom. The molecule has 0 bridgehead atoms. The maximum atomic E-state index is 10.8. The lowest BCUT2D eigenvalue weighted by Crippen LogP contribution is -2.25. The average Bonchev–Trinajstić information content (AvgIpc) is 2.29. The summed E-state index contributed by atoms with van der Waals surface area (Å²) in [4.78, 5) is 10.8. The van der Waals surface area contributed by atoms with Crippen LogP contribution in [0.1, 0.15) is 44.9 Å². The second kappa shape index (κ2) is 7.69. The van der Waals surface area contributed by atoms with Crippen molar-refractivity contribution in [2.24, 2.45) is 5.92 Å². The van der Waals surface area contributed by atoms with Crippen molar-refractivity contribution in [2.45, 2.75) is 44.9 Å². The second-order valence-electron chi connectivity index (χ2n) is 4.39. The molecular weight excluding hydrogens is 190 g/mol. The van der Waals surface area contributed by atoms with Gasteiger partial charge in [0.05, 0.1) is 7.11 Å². The summed E-state index contributed by atoms with van der Waals surface area (Å²) in [5.41, 5.74) is 0. The van der Waals surface area contributed by atoms with Crippen LogP contribution in [0.15, 0.2) is 0 Å². The standard InChI is InChI=1S/C12H23NO2/c1-15-12(14)8-5-9-13-10-11-6-3-2-4-7-11/h11,13H,2-10H2,1H3. The van der Waals surface area contributed by atoms with Crippen molar-refractivity contribution in [3.63, 3.8) is 0 Å². The number of hydrogen-bond donors (Lipinski definition) is 1. The number of carbonyl (C=O) groups is 1. The third-order valence-corrected chi connectivity index (χ3v) is 3.12. The van der Waals surface area contributed by atoms with Gasteiger partial charge in [0.2, 0.25) is 0 Å². The predicted molar refractivity (Wildman–Crippen MR) is 60.7 cm³/mol. The van der Waals surface area contributed by atoms with E-state index in [-0.39, 0.29) is 5.97 Å². The molecule has 1 N–H and O–H groups in total. The number of rotatable bonds is 6. The van der Waals surface area contributed by atoms with E-state index in [9.17, 15) is 4.79 Å². The summed E-state index contributed by atoms with van der Waals surface area (Å²) in [6.07, 6.45) is 8.39. The molecule has 1 rings (SSSR count). The summed E-state index contributed by atoms with van der Waals surface area (Å²) >= 11 is 0. The highest BCUT2D eigenvalue weighted by atomic mass is 16.5. The molecule has 88 valence electrons. The lowest BCUT2D eigenvalue weighted by molar-refractivity contribution is -0.140. The lowest BCUT2D eigenvalue weighted by Gasteiger charge is -2.21. The van der Waals surface area contributed by atoms with Crippen molar-refractivity contribution < 1.29 is 9.53 Å². The van der Waals surface area contributed by atoms with Crippen LogP contribution in [0.4, 0.5) is 0 Å².